The first-order chi connectivity index (χ1) is 10.1. The highest BCUT2D eigenvalue weighted by Crippen LogP contribution is 2.25. The number of aliphatic hydroxyl groups excluding tert-OH is 1. The van der Waals surface area contributed by atoms with Gasteiger partial charge in [0.1, 0.15) is 16.5 Å². The first kappa shape index (κ1) is 15.5. The van der Waals surface area contributed by atoms with Crippen molar-refractivity contribution in [3.05, 3.63) is 35.3 Å². The van der Waals surface area contributed by atoms with E-state index in [4.69, 9.17) is 9.84 Å². The average Bonchev–Trinajstić information content (AvgIpc) is 3.02. The zero-order chi connectivity index (χ0) is 15.2. The zero-order valence-corrected chi connectivity index (χ0v) is 12.8. The Morgan fingerprint density at radius 2 is 2.14 bits per heavy atom. The lowest BCUT2D eigenvalue weighted by Crippen LogP contribution is -2.29. The van der Waals surface area contributed by atoms with Crippen LogP contribution < -0.4 is 10.1 Å². The fourth-order valence-electron chi connectivity index (χ4n) is 1.67. The summed E-state index contributed by atoms with van der Waals surface area (Å²) >= 11 is 1.42. The van der Waals surface area contributed by atoms with Crippen LogP contribution in [0.1, 0.15) is 17.4 Å². The van der Waals surface area contributed by atoms with Crippen LogP contribution in [-0.2, 0) is 0 Å². The third kappa shape index (κ3) is 4.03. The SMILES string of the molecule is COc1ccc(-c2nc(C(=O)NCC(C)CO)cs2)cc1. The molecule has 0 spiro atoms. The smallest absolute Gasteiger partial charge is 0.270 e. The lowest BCUT2D eigenvalue weighted by atomic mass is 10.2. The van der Waals surface area contributed by atoms with E-state index in [0.717, 1.165) is 16.3 Å². The van der Waals surface area contributed by atoms with Crippen LogP contribution in [0.4, 0.5) is 0 Å². The molecule has 1 aromatic carbocycles. The first-order valence-electron chi connectivity index (χ1n) is 6.63. The Kier molecular flexibility index (Phi) is 5.30. The molecule has 112 valence electrons. The zero-order valence-electron chi connectivity index (χ0n) is 12.0. The molecule has 1 heterocycles. The van der Waals surface area contributed by atoms with Gasteiger partial charge in [0.05, 0.1) is 7.11 Å². The number of aliphatic hydroxyl groups is 1. The number of carbonyl (C=O) groups excluding carboxylic acids is 1. The summed E-state index contributed by atoms with van der Waals surface area (Å²) in [6, 6.07) is 7.54. The van der Waals surface area contributed by atoms with Gasteiger partial charge in [0, 0.05) is 24.1 Å². The molecule has 0 bridgehead atoms. The van der Waals surface area contributed by atoms with Gasteiger partial charge in [-0.15, -0.1) is 11.3 Å². The van der Waals surface area contributed by atoms with Crippen LogP contribution in [0.5, 0.6) is 5.75 Å². The van der Waals surface area contributed by atoms with Crippen molar-refractivity contribution in [2.24, 2.45) is 5.92 Å². The molecule has 0 saturated carbocycles. The molecule has 2 N–H and O–H groups in total. The number of nitrogens with one attached hydrogen (secondary N) is 1. The number of aromatic nitrogens is 1. The van der Waals surface area contributed by atoms with Gasteiger partial charge in [-0.05, 0) is 30.2 Å². The molecule has 1 amide bonds. The monoisotopic (exact) mass is 306 g/mol. The molecule has 21 heavy (non-hydrogen) atoms. The Morgan fingerprint density at radius 1 is 1.43 bits per heavy atom. The van der Waals surface area contributed by atoms with Crippen LogP contribution >= 0.6 is 11.3 Å². The van der Waals surface area contributed by atoms with Crippen molar-refractivity contribution in [3.63, 3.8) is 0 Å². The summed E-state index contributed by atoms with van der Waals surface area (Å²) in [6.45, 7) is 2.35. The maximum absolute atomic E-state index is 11.9. The molecule has 2 rings (SSSR count). The summed E-state index contributed by atoms with van der Waals surface area (Å²) in [6.07, 6.45) is 0. The number of hydrogen-bond acceptors (Lipinski definition) is 5. The highest BCUT2D eigenvalue weighted by atomic mass is 32.1. The van der Waals surface area contributed by atoms with Gasteiger partial charge in [0.15, 0.2) is 0 Å². The third-order valence-corrected chi connectivity index (χ3v) is 3.89. The molecule has 0 saturated heterocycles. The van der Waals surface area contributed by atoms with Crippen molar-refractivity contribution in [3.8, 4) is 16.3 Å². The molecule has 0 aliphatic carbocycles. The number of hydrogen-bond donors (Lipinski definition) is 2. The van der Waals surface area contributed by atoms with E-state index in [-0.39, 0.29) is 18.4 Å². The van der Waals surface area contributed by atoms with Gasteiger partial charge in [-0.3, -0.25) is 4.79 Å². The minimum Gasteiger partial charge on any atom is -0.497 e. The number of amides is 1. The van der Waals surface area contributed by atoms with Gasteiger partial charge in [-0.1, -0.05) is 6.92 Å². The predicted octanol–water partition coefficient (Wildman–Crippen LogP) is 2.18. The van der Waals surface area contributed by atoms with E-state index < -0.39 is 0 Å². The second-order valence-electron chi connectivity index (χ2n) is 4.76. The van der Waals surface area contributed by atoms with Crippen molar-refractivity contribution < 1.29 is 14.6 Å². The molecule has 2 aromatic rings. The van der Waals surface area contributed by atoms with Crippen LogP contribution in [0.15, 0.2) is 29.6 Å². The molecule has 0 radical (unpaired) electrons. The summed E-state index contributed by atoms with van der Waals surface area (Å²) in [5.41, 5.74) is 1.35. The number of ether oxygens (including phenoxy) is 1. The van der Waals surface area contributed by atoms with Crippen molar-refractivity contribution in [2.75, 3.05) is 20.3 Å². The summed E-state index contributed by atoms with van der Waals surface area (Å²) in [5, 5.41) is 14.2. The van der Waals surface area contributed by atoms with E-state index in [1.807, 2.05) is 31.2 Å². The highest BCUT2D eigenvalue weighted by molar-refractivity contribution is 7.13. The predicted molar refractivity (Wildman–Crippen MR) is 82.7 cm³/mol. The topological polar surface area (TPSA) is 71.5 Å². The highest BCUT2D eigenvalue weighted by Gasteiger charge is 2.12. The maximum Gasteiger partial charge on any atom is 0.270 e. The Labute approximate surface area is 127 Å². The minimum atomic E-state index is -0.216. The lowest BCUT2D eigenvalue weighted by Gasteiger charge is -2.07. The normalized spacial score (nSPS) is 12.0. The number of thiazole rings is 1. The maximum atomic E-state index is 11.9. The second-order valence-corrected chi connectivity index (χ2v) is 5.62. The molecule has 1 atom stereocenters. The van der Waals surface area contributed by atoms with Gasteiger partial charge in [-0.25, -0.2) is 4.98 Å². The van der Waals surface area contributed by atoms with Crippen LogP contribution in [0.3, 0.4) is 0 Å². The van der Waals surface area contributed by atoms with Crippen LogP contribution in [-0.4, -0.2) is 36.3 Å². The van der Waals surface area contributed by atoms with Crippen molar-refractivity contribution in [2.45, 2.75) is 6.92 Å². The Hall–Kier alpha value is -1.92. The molecule has 0 aliphatic heterocycles. The number of rotatable bonds is 6. The van der Waals surface area contributed by atoms with Gasteiger partial charge in [0.2, 0.25) is 0 Å². The number of methoxy groups -OCH3 is 1. The van der Waals surface area contributed by atoms with E-state index in [1.54, 1.807) is 12.5 Å². The van der Waals surface area contributed by atoms with E-state index in [9.17, 15) is 4.79 Å². The van der Waals surface area contributed by atoms with Gasteiger partial charge in [-0.2, -0.15) is 0 Å². The third-order valence-electron chi connectivity index (χ3n) is 3.00. The minimum absolute atomic E-state index is 0.0358. The quantitative estimate of drug-likeness (QED) is 0.858. The van der Waals surface area contributed by atoms with Crippen molar-refractivity contribution in [1.29, 1.82) is 0 Å². The fraction of sp³-hybridized carbons (Fsp3) is 0.333. The molecule has 5 nitrogen and oxygen atoms in total. The summed E-state index contributed by atoms with van der Waals surface area (Å²) in [5.74, 6) is 0.603. The van der Waals surface area contributed by atoms with E-state index in [1.165, 1.54) is 11.3 Å². The van der Waals surface area contributed by atoms with E-state index in [0.29, 0.717) is 12.2 Å². The van der Waals surface area contributed by atoms with Crippen molar-refractivity contribution in [1.82, 2.24) is 10.3 Å². The number of benzene rings is 1. The average molecular weight is 306 g/mol. The van der Waals surface area contributed by atoms with E-state index >= 15 is 0 Å². The Balaban J connectivity index is 2.04. The lowest BCUT2D eigenvalue weighted by molar-refractivity contribution is 0.0938. The van der Waals surface area contributed by atoms with Crippen molar-refractivity contribution >= 4 is 17.2 Å². The molecule has 1 unspecified atom stereocenters. The fourth-order valence-corrected chi connectivity index (χ4v) is 2.47. The van der Waals surface area contributed by atoms with Crippen LogP contribution in [0.2, 0.25) is 0 Å². The standard InChI is InChI=1S/C15H18N2O3S/c1-10(8-18)7-16-14(19)13-9-21-15(17-13)11-3-5-12(20-2)6-4-11/h3-6,9-10,18H,7-8H2,1-2H3,(H,16,19). The van der Waals surface area contributed by atoms with E-state index in [2.05, 4.69) is 10.3 Å². The summed E-state index contributed by atoms with van der Waals surface area (Å²) in [7, 11) is 1.62. The number of carbonyl (C=O) groups is 1. The molecular weight excluding hydrogens is 288 g/mol. The molecular formula is C15H18N2O3S. The van der Waals surface area contributed by atoms with Gasteiger partial charge >= 0.3 is 0 Å². The Morgan fingerprint density at radius 3 is 2.76 bits per heavy atom. The van der Waals surface area contributed by atoms with Gasteiger partial charge in [0.25, 0.3) is 5.91 Å². The van der Waals surface area contributed by atoms with Crippen LogP contribution in [0.25, 0.3) is 10.6 Å². The molecule has 0 fully saturated rings. The van der Waals surface area contributed by atoms with Crippen LogP contribution in [0, 0.1) is 5.92 Å². The molecule has 6 heteroatoms. The molecule has 1 aromatic heterocycles. The second kappa shape index (κ2) is 7.19. The largest absolute Gasteiger partial charge is 0.497 e. The van der Waals surface area contributed by atoms with Gasteiger partial charge < -0.3 is 15.2 Å². The first-order valence-corrected chi connectivity index (χ1v) is 7.51. The Bertz CT molecular complexity index is 595. The summed E-state index contributed by atoms with van der Waals surface area (Å²) in [4.78, 5) is 16.3. The summed E-state index contributed by atoms with van der Waals surface area (Å²) < 4.78 is 5.11. The molecule has 0 aliphatic rings. The number of nitrogens with zero attached hydrogens (tertiary/aromatic N) is 1.